The Morgan fingerprint density at radius 1 is 1.29 bits per heavy atom. The molecule has 1 aliphatic rings. The minimum atomic E-state index is -0.936. The molecule has 31 heavy (non-hydrogen) atoms. The molecule has 2 N–H and O–H groups in total. The zero-order valence-electron chi connectivity index (χ0n) is 17.7. The van der Waals surface area contributed by atoms with E-state index in [1.54, 1.807) is 38.3 Å². The highest BCUT2D eigenvalue weighted by atomic mass is 32.1. The fraction of sp³-hybridized carbons (Fsp3) is 0.364. The van der Waals surface area contributed by atoms with Gasteiger partial charge in [0.15, 0.2) is 0 Å². The van der Waals surface area contributed by atoms with Crippen LogP contribution in [-0.2, 0) is 27.2 Å². The first-order valence-corrected chi connectivity index (χ1v) is 10.8. The van der Waals surface area contributed by atoms with Crippen LogP contribution >= 0.6 is 11.3 Å². The van der Waals surface area contributed by atoms with Crippen LogP contribution in [0, 0.1) is 5.92 Å². The smallest absolute Gasteiger partial charge is 0.341 e. The summed E-state index contributed by atoms with van der Waals surface area (Å²) in [6.45, 7) is 4.11. The summed E-state index contributed by atoms with van der Waals surface area (Å²) in [5.41, 5.74) is 4.16. The van der Waals surface area contributed by atoms with Gasteiger partial charge in [0.1, 0.15) is 10.8 Å². The lowest BCUT2D eigenvalue weighted by Crippen LogP contribution is -2.32. The molecule has 0 bridgehead atoms. The molecule has 3 rings (SSSR count). The predicted molar refractivity (Wildman–Crippen MR) is 119 cm³/mol. The maximum Gasteiger partial charge on any atom is 0.341 e. The zero-order valence-corrected chi connectivity index (χ0v) is 18.5. The first-order valence-electron chi connectivity index (χ1n) is 10.0. The van der Waals surface area contributed by atoms with E-state index in [0.29, 0.717) is 27.8 Å². The summed E-state index contributed by atoms with van der Waals surface area (Å²) < 4.78 is 10.3. The molecule has 1 aliphatic carbocycles. The van der Waals surface area contributed by atoms with E-state index in [1.165, 1.54) is 17.6 Å². The predicted octanol–water partition coefficient (Wildman–Crippen LogP) is 3.15. The maximum atomic E-state index is 12.5. The number of ether oxygens (including phenoxy) is 2. The first-order chi connectivity index (χ1) is 14.9. The summed E-state index contributed by atoms with van der Waals surface area (Å²) >= 11 is 1.33. The topological polar surface area (TPSA) is 106 Å². The number of amides is 2. The van der Waals surface area contributed by atoms with E-state index in [9.17, 15) is 14.4 Å². The monoisotopic (exact) mass is 443 g/mol. The number of fused-ring (bicyclic) bond motifs is 1. The Balaban J connectivity index is 1.71. The van der Waals surface area contributed by atoms with Crippen LogP contribution in [0.4, 0.5) is 5.00 Å². The SMILES string of the molecule is CCOC(=O)c1c(NC(=O)C(=O)N/N=C/c2cccc(OC)c2)sc2c1CCC(C)C2. The van der Waals surface area contributed by atoms with Gasteiger partial charge in [0, 0.05) is 4.88 Å². The molecule has 0 radical (unpaired) electrons. The van der Waals surface area contributed by atoms with E-state index < -0.39 is 17.8 Å². The van der Waals surface area contributed by atoms with Crippen molar-refractivity contribution in [3.63, 3.8) is 0 Å². The van der Waals surface area contributed by atoms with E-state index in [-0.39, 0.29) is 6.61 Å². The molecule has 1 atom stereocenters. The lowest BCUT2D eigenvalue weighted by Gasteiger charge is -2.18. The lowest BCUT2D eigenvalue weighted by atomic mass is 9.88. The number of thiophene rings is 1. The fourth-order valence-corrected chi connectivity index (χ4v) is 4.75. The second kappa shape index (κ2) is 10.2. The molecule has 1 aromatic heterocycles. The van der Waals surface area contributed by atoms with Crippen molar-refractivity contribution in [2.24, 2.45) is 11.0 Å². The van der Waals surface area contributed by atoms with Crippen molar-refractivity contribution in [1.29, 1.82) is 0 Å². The number of benzene rings is 1. The summed E-state index contributed by atoms with van der Waals surface area (Å²) in [5.74, 6) is -1.18. The van der Waals surface area contributed by atoms with Gasteiger partial charge in [-0.1, -0.05) is 19.1 Å². The zero-order chi connectivity index (χ0) is 22.4. The first kappa shape index (κ1) is 22.5. The van der Waals surface area contributed by atoms with Gasteiger partial charge in [-0.15, -0.1) is 11.3 Å². The van der Waals surface area contributed by atoms with Crippen LogP contribution in [-0.4, -0.2) is 37.7 Å². The van der Waals surface area contributed by atoms with Gasteiger partial charge in [-0.25, -0.2) is 10.2 Å². The summed E-state index contributed by atoms with van der Waals surface area (Å²) in [5, 5.41) is 6.72. The normalized spacial score (nSPS) is 15.3. The Hall–Kier alpha value is -3.20. The Bertz CT molecular complexity index is 1010. The van der Waals surface area contributed by atoms with Crippen molar-refractivity contribution in [1.82, 2.24) is 5.43 Å². The highest BCUT2D eigenvalue weighted by Crippen LogP contribution is 2.40. The van der Waals surface area contributed by atoms with Crippen LogP contribution < -0.4 is 15.5 Å². The van der Waals surface area contributed by atoms with Gasteiger partial charge in [0.2, 0.25) is 0 Å². The molecule has 2 amide bonds. The van der Waals surface area contributed by atoms with Crippen molar-refractivity contribution in [3.05, 3.63) is 45.8 Å². The third-order valence-corrected chi connectivity index (χ3v) is 6.07. The second-order valence-electron chi connectivity index (χ2n) is 7.21. The number of rotatable bonds is 6. The van der Waals surface area contributed by atoms with E-state index in [0.717, 1.165) is 29.7 Å². The van der Waals surface area contributed by atoms with Crippen LogP contribution in [0.1, 0.15) is 46.6 Å². The fourth-order valence-electron chi connectivity index (χ4n) is 3.36. The lowest BCUT2D eigenvalue weighted by molar-refractivity contribution is -0.136. The van der Waals surface area contributed by atoms with Gasteiger partial charge in [-0.05, 0) is 55.4 Å². The average molecular weight is 444 g/mol. The Labute approximate surface area is 184 Å². The number of hydrazone groups is 1. The van der Waals surface area contributed by atoms with E-state index in [1.807, 2.05) is 0 Å². The summed E-state index contributed by atoms with van der Waals surface area (Å²) in [7, 11) is 1.55. The Morgan fingerprint density at radius 2 is 2.10 bits per heavy atom. The number of nitrogens with zero attached hydrogens (tertiary/aromatic N) is 1. The molecule has 0 spiro atoms. The quantitative estimate of drug-likeness (QED) is 0.309. The molecule has 0 fully saturated rings. The molecule has 1 unspecified atom stereocenters. The highest BCUT2D eigenvalue weighted by Gasteiger charge is 2.30. The second-order valence-corrected chi connectivity index (χ2v) is 8.31. The number of esters is 1. The third-order valence-electron chi connectivity index (χ3n) is 4.90. The molecule has 164 valence electrons. The number of anilines is 1. The standard InChI is InChI=1S/C22H25N3O5S/c1-4-30-22(28)18-16-9-8-13(2)10-17(16)31-21(18)24-19(26)20(27)25-23-12-14-6-5-7-15(11-14)29-3/h5-7,11-13H,4,8-10H2,1-3H3,(H,24,26)(H,25,27)/b23-12+. The summed E-state index contributed by atoms with van der Waals surface area (Å²) in [4.78, 5) is 38.2. The maximum absolute atomic E-state index is 12.5. The van der Waals surface area contributed by atoms with E-state index in [2.05, 4.69) is 22.8 Å². The van der Waals surface area contributed by atoms with Crippen molar-refractivity contribution >= 4 is 40.3 Å². The summed E-state index contributed by atoms with van der Waals surface area (Å²) in [6.07, 6.45) is 3.94. The molecule has 1 heterocycles. The highest BCUT2D eigenvalue weighted by molar-refractivity contribution is 7.17. The number of hydrogen-bond donors (Lipinski definition) is 2. The third kappa shape index (κ3) is 5.49. The Morgan fingerprint density at radius 3 is 2.84 bits per heavy atom. The van der Waals surface area contributed by atoms with Crippen LogP contribution in [0.15, 0.2) is 29.4 Å². The van der Waals surface area contributed by atoms with Crippen LogP contribution in [0.3, 0.4) is 0 Å². The largest absolute Gasteiger partial charge is 0.497 e. The van der Waals surface area contributed by atoms with Gasteiger partial charge >= 0.3 is 17.8 Å². The number of hydrogen-bond acceptors (Lipinski definition) is 7. The number of nitrogens with one attached hydrogen (secondary N) is 2. The number of carbonyl (C=O) groups excluding carboxylic acids is 3. The molecule has 2 aromatic rings. The molecule has 8 nitrogen and oxygen atoms in total. The van der Waals surface area contributed by atoms with Gasteiger partial charge in [0.05, 0.1) is 25.5 Å². The van der Waals surface area contributed by atoms with Crippen LogP contribution in [0.5, 0.6) is 5.75 Å². The van der Waals surface area contributed by atoms with Gasteiger partial charge in [-0.3, -0.25) is 9.59 Å². The number of methoxy groups -OCH3 is 1. The molecule has 0 saturated carbocycles. The molecule has 9 heteroatoms. The van der Waals surface area contributed by atoms with Crippen LogP contribution in [0.2, 0.25) is 0 Å². The van der Waals surface area contributed by atoms with Gasteiger partial charge in [0.25, 0.3) is 0 Å². The molecule has 0 aliphatic heterocycles. The average Bonchev–Trinajstić information content (AvgIpc) is 3.10. The van der Waals surface area contributed by atoms with E-state index >= 15 is 0 Å². The van der Waals surface area contributed by atoms with Crippen molar-refractivity contribution < 1.29 is 23.9 Å². The summed E-state index contributed by atoms with van der Waals surface area (Å²) in [6, 6.07) is 7.08. The van der Waals surface area contributed by atoms with E-state index in [4.69, 9.17) is 9.47 Å². The minimum Gasteiger partial charge on any atom is -0.497 e. The molecular weight excluding hydrogens is 418 g/mol. The molecular formula is C22H25N3O5S. The van der Waals surface area contributed by atoms with Crippen molar-refractivity contribution in [3.8, 4) is 5.75 Å². The van der Waals surface area contributed by atoms with Crippen molar-refractivity contribution in [2.75, 3.05) is 19.0 Å². The van der Waals surface area contributed by atoms with Gasteiger partial charge < -0.3 is 14.8 Å². The molecule has 0 saturated heterocycles. The molecule has 1 aromatic carbocycles. The Kier molecular flexibility index (Phi) is 7.41. The minimum absolute atomic E-state index is 0.229. The number of carbonyl (C=O) groups is 3. The van der Waals surface area contributed by atoms with Crippen molar-refractivity contribution in [2.45, 2.75) is 33.1 Å². The van der Waals surface area contributed by atoms with Crippen LogP contribution in [0.25, 0.3) is 0 Å². The van der Waals surface area contributed by atoms with Gasteiger partial charge in [-0.2, -0.15) is 5.10 Å².